The SMILES string of the molecule is CC(C)C1CC2C(C3CCC(C(C)(C)C)CC3)CCCC2C1[Si](C)(C)C1C(C)C(C)C(C)C1C. The Morgan fingerprint density at radius 3 is 1.68 bits per heavy atom. The summed E-state index contributed by atoms with van der Waals surface area (Å²) < 4.78 is 0. The Morgan fingerprint density at radius 1 is 0.647 bits per heavy atom. The van der Waals surface area contributed by atoms with Crippen molar-refractivity contribution in [3.05, 3.63) is 0 Å². The number of hydrogen-bond acceptors (Lipinski definition) is 0. The van der Waals surface area contributed by atoms with Crippen LogP contribution in [0.1, 0.15) is 114 Å². The van der Waals surface area contributed by atoms with E-state index >= 15 is 0 Å². The van der Waals surface area contributed by atoms with E-state index in [-0.39, 0.29) is 0 Å². The van der Waals surface area contributed by atoms with Gasteiger partial charge in [-0.05, 0) is 120 Å². The minimum atomic E-state index is -1.40. The fourth-order valence-corrected chi connectivity index (χ4v) is 18.3. The maximum Gasteiger partial charge on any atom is 0.0547 e. The van der Waals surface area contributed by atoms with Gasteiger partial charge in [-0.2, -0.15) is 0 Å². The summed E-state index contributed by atoms with van der Waals surface area (Å²) in [5, 5.41) is 0. The summed E-state index contributed by atoms with van der Waals surface area (Å²) in [6.45, 7) is 28.9. The van der Waals surface area contributed by atoms with Crippen molar-refractivity contribution in [1.29, 1.82) is 0 Å². The Hall–Kier alpha value is 0.217. The van der Waals surface area contributed by atoms with E-state index in [1.165, 1.54) is 12.8 Å². The first-order valence-electron chi connectivity index (χ1n) is 15.8. The van der Waals surface area contributed by atoms with E-state index < -0.39 is 8.07 Å². The van der Waals surface area contributed by atoms with E-state index in [0.29, 0.717) is 5.41 Å². The molecule has 4 fully saturated rings. The van der Waals surface area contributed by atoms with Crippen molar-refractivity contribution < 1.29 is 0 Å². The van der Waals surface area contributed by atoms with E-state index in [9.17, 15) is 0 Å². The second-order valence-corrected chi connectivity index (χ2v) is 21.3. The first-order chi connectivity index (χ1) is 15.8. The molecule has 0 aromatic carbocycles. The van der Waals surface area contributed by atoms with Gasteiger partial charge in [0.05, 0.1) is 8.07 Å². The lowest BCUT2D eigenvalue weighted by Gasteiger charge is -2.49. The summed E-state index contributed by atoms with van der Waals surface area (Å²) in [7, 11) is -1.40. The molecule has 0 heterocycles. The molecule has 198 valence electrons. The first kappa shape index (κ1) is 27.3. The summed E-state index contributed by atoms with van der Waals surface area (Å²) in [4.78, 5) is 0. The molecule has 4 aliphatic carbocycles. The smallest absolute Gasteiger partial charge is 0.0547 e. The van der Waals surface area contributed by atoms with Crippen LogP contribution in [-0.2, 0) is 0 Å². The maximum atomic E-state index is 2.88. The molecule has 9 unspecified atom stereocenters. The standard InChI is InChI=1S/C33H62Si/c1-20(2)29-19-30-27(25-15-17-26(18-16-25)33(7,8)9)13-12-14-28(30)32(29)34(10,11)31-23(5)21(3)22(4)24(31)6/h20-32H,12-19H2,1-11H3. The van der Waals surface area contributed by atoms with Crippen molar-refractivity contribution in [3.8, 4) is 0 Å². The molecule has 34 heavy (non-hydrogen) atoms. The molecule has 0 bridgehead atoms. The second kappa shape index (κ2) is 9.83. The lowest BCUT2D eigenvalue weighted by atomic mass is 9.61. The monoisotopic (exact) mass is 486 g/mol. The van der Waals surface area contributed by atoms with Crippen molar-refractivity contribution in [1.82, 2.24) is 0 Å². The zero-order chi connectivity index (χ0) is 25.2. The van der Waals surface area contributed by atoms with Crippen LogP contribution in [0.15, 0.2) is 0 Å². The number of rotatable bonds is 4. The van der Waals surface area contributed by atoms with Crippen molar-refractivity contribution in [2.75, 3.05) is 0 Å². The summed E-state index contributed by atoms with van der Waals surface area (Å²) >= 11 is 0. The Labute approximate surface area is 216 Å². The normalized spacial score (nSPS) is 48.4. The third kappa shape index (κ3) is 4.64. The molecule has 0 aromatic heterocycles. The zero-order valence-electron chi connectivity index (χ0n) is 25.2. The van der Waals surface area contributed by atoms with Crippen molar-refractivity contribution >= 4 is 8.07 Å². The van der Waals surface area contributed by atoms with Crippen LogP contribution in [0.5, 0.6) is 0 Å². The predicted molar refractivity (Wildman–Crippen MR) is 154 cm³/mol. The average molecular weight is 487 g/mol. The van der Waals surface area contributed by atoms with Crippen LogP contribution < -0.4 is 0 Å². The topological polar surface area (TPSA) is 0 Å². The van der Waals surface area contributed by atoms with Crippen LogP contribution in [0, 0.1) is 70.5 Å². The van der Waals surface area contributed by atoms with E-state index in [0.717, 1.165) is 76.2 Å². The van der Waals surface area contributed by atoms with Gasteiger partial charge in [0.1, 0.15) is 0 Å². The molecule has 0 aromatic rings. The predicted octanol–water partition coefficient (Wildman–Crippen LogP) is 10.6. The average Bonchev–Trinajstić information content (AvgIpc) is 3.26. The maximum absolute atomic E-state index is 2.88. The van der Waals surface area contributed by atoms with Gasteiger partial charge in [-0.25, -0.2) is 0 Å². The van der Waals surface area contributed by atoms with Crippen molar-refractivity contribution in [2.45, 2.75) is 138 Å². The molecule has 4 aliphatic rings. The Balaban J connectivity index is 1.57. The highest BCUT2D eigenvalue weighted by Crippen LogP contribution is 2.66. The fourth-order valence-electron chi connectivity index (χ4n) is 11.4. The van der Waals surface area contributed by atoms with Gasteiger partial charge >= 0.3 is 0 Å². The molecule has 1 heteroatoms. The van der Waals surface area contributed by atoms with Crippen molar-refractivity contribution in [2.24, 2.45) is 70.5 Å². The summed E-state index contributed by atoms with van der Waals surface area (Å²) in [5.41, 5.74) is 2.63. The third-order valence-corrected chi connectivity index (χ3v) is 18.8. The molecule has 4 rings (SSSR count). The lowest BCUT2D eigenvalue weighted by molar-refractivity contribution is 0.0635. The molecule has 0 N–H and O–H groups in total. The van der Waals surface area contributed by atoms with E-state index in [2.05, 4.69) is 75.4 Å². The minimum absolute atomic E-state index is 0.514. The van der Waals surface area contributed by atoms with Gasteiger partial charge in [-0.1, -0.05) is 88.2 Å². The van der Waals surface area contributed by atoms with Crippen LogP contribution in [0.25, 0.3) is 0 Å². The van der Waals surface area contributed by atoms with Gasteiger partial charge in [0, 0.05) is 0 Å². The number of fused-ring (bicyclic) bond motifs is 1. The highest BCUT2D eigenvalue weighted by Gasteiger charge is 2.60. The van der Waals surface area contributed by atoms with Gasteiger partial charge in [0.2, 0.25) is 0 Å². The third-order valence-electron chi connectivity index (χ3n) is 13.4. The van der Waals surface area contributed by atoms with E-state index in [4.69, 9.17) is 0 Å². The van der Waals surface area contributed by atoms with Crippen LogP contribution in [-0.4, -0.2) is 8.07 Å². The highest BCUT2D eigenvalue weighted by atomic mass is 28.3. The number of hydrogen-bond donors (Lipinski definition) is 0. The van der Waals surface area contributed by atoms with Crippen LogP contribution in [0.4, 0.5) is 0 Å². The zero-order valence-corrected chi connectivity index (χ0v) is 26.2. The molecule has 0 spiro atoms. The molecular weight excluding hydrogens is 424 g/mol. The summed E-state index contributed by atoms with van der Waals surface area (Å²) in [6.07, 6.45) is 12.4. The van der Waals surface area contributed by atoms with E-state index in [1.54, 1.807) is 38.5 Å². The molecular formula is C33H62Si. The molecule has 0 nitrogen and oxygen atoms in total. The molecule has 4 saturated carbocycles. The van der Waals surface area contributed by atoms with Crippen LogP contribution in [0.2, 0.25) is 24.2 Å². The Kier molecular flexibility index (Phi) is 7.88. The van der Waals surface area contributed by atoms with Gasteiger partial charge in [-0.15, -0.1) is 0 Å². The van der Waals surface area contributed by atoms with Gasteiger partial charge < -0.3 is 0 Å². The molecule has 0 radical (unpaired) electrons. The Bertz CT molecular complexity index is 663. The minimum Gasteiger partial charge on any atom is -0.0689 e. The second-order valence-electron chi connectivity index (χ2n) is 16.4. The van der Waals surface area contributed by atoms with Crippen LogP contribution in [0.3, 0.4) is 0 Å². The molecule has 9 atom stereocenters. The largest absolute Gasteiger partial charge is 0.0689 e. The van der Waals surface area contributed by atoms with Gasteiger partial charge in [0.15, 0.2) is 0 Å². The Morgan fingerprint density at radius 2 is 1.18 bits per heavy atom. The van der Waals surface area contributed by atoms with Gasteiger partial charge in [-0.3, -0.25) is 0 Å². The molecule has 0 aliphatic heterocycles. The molecule has 0 saturated heterocycles. The van der Waals surface area contributed by atoms with Gasteiger partial charge in [0.25, 0.3) is 0 Å². The van der Waals surface area contributed by atoms with Crippen LogP contribution >= 0.6 is 0 Å². The summed E-state index contributed by atoms with van der Waals surface area (Å²) in [5.74, 6) is 10.8. The molecule has 0 amide bonds. The van der Waals surface area contributed by atoms with Crippen molar-refractivity contribution in [3.63, 3.8) is 0 Å². The fraction of sp³-hybridized carbons (Fsp3) is 1.00. The highest BCUT2D eigenvalue weighted by molar-refractivity contribution is 6.80. The van der Waals surface area contributed by atoms with E-state index in [1.807, 2.05) is 0 Å². The lowest BCUT2D eigenvalue weighted by Crippen LogP contribution is -2.47. The summed E-state index contributed by atoms with van der Waals surface area (Å²) in [6, 6.07) is 0. The first-order valence-corrected chi connectivity index (χ1v) is 18.9. The quantitative estimate of drug-likeness (QED) is 0.346.